The number of hydrogen-bond acceptors (Lipinski definition) is 5. The maximum absolute atomic E-state index is 13.8. The van der Waals surface area contributed by atoms with Crippen molar-refractivity contribution in [2.24, 2.45) is 0 Å². The number of halogens is 2. The van der Waals surface area contributed by atoms with E-state index in [9.17, 15) is 14.0 Å². The fraction of sp³-hybridized carbons (Fsp3) is 0.368. The highest BCUT2D eigenvalue weighted by molar-refractivity contribution is 9.10. The third kappa shape index (κ3) is 3.06. The van der Waals surface area contributed by atoms with Crippen molar-refractivity contribution in [1.82, 2.24) is 4.74 Å². The van der Waals surface area contributed by atoms with Gasteiger partial charge in [-0.2, -0.15) is 4.74 Å². The van der Waals surface area contributed by atoms with Gasteiger partial charge in [-0.1, -0.05) is 19.4 Å². The first-order valence-electron chi connectivity index (χ1n) is 8.81. The second-order valence-corrected chi connectivity index (χ2v) is 7.49. The lowest BCUT2D eigenvalue weighted by atomic mass is 9.80. The van der Waals surface area contributed by atoms with Crippen LogP contribution in [-0.2, 0) is 16.1 Å². The summed E-state index contributed by atoms with van der Waals surface area (Å²) in [6.07, 6.45) is 1.79. The molecule has 0 aliphatic carbocycles. The lowest BCUT2D eigenvalue weighted by molar-refractivity contribution is -0.121. The predicted octanol–water partition coefficient (Wildman–Crippen LogP) is 3.55. The van der Waals surface area contributed by atoms with E-state index in [1.165, 1.54) is 10.8 Å². The molecule has 0 saturated carbocycles. The SMILES string of the molecule is CCCCn1oc(=O)c2c1NC1=C(C(=O)COC1)C2c1ccc(F)c(Br)c1. The Morgan fingerprint density at radius 3 is 2.89 bits per heavy atom. The van der Waals surface area contributed by atoms with E-state index in [-0.39, 0.29) is 23.5 Å². The van der Waals surface area contributed by atoms with Gasteiger partial charge < -0.3 is 14.6 Å². The third-order valence-corrected chi connectivity index (χ3v) is 5.47. The number of Topliss-reactive ketones (excluding diaryl/α,β-unsaturated/α-hetero) is 1. The molecule has 6 nitrogen and oxygen atoms in total. The van der Waals surface area contributed by atoms with E-state index in [4.69, 9.17) is 9.26 Å². The molecule has 0 radical (unpaired) electrons. The molecule has 3 heterocycles. The van der Waals surface area contributed by atoms with Crippen LogP contribution >= 0.6 is 15.9 Å². The summed E-state index contributed by atoms with van der Waals surface area (Å²) in [5.74, 6) is -0.687. The van der Waals surface area contributed by atoms with E-state index < -0.39 is 17.4 Å². The maximum Gasteiger partial charge on any atom is 0.363 e. The Bertz CT molecular complexity index is 1010. The van der Waals surface area contributed by atoms with Crippen LogP contribution in [0.4, 0.5) is 10.2 Å². The molecule has 1 N–H and O–H groups in total. The first kappa shape index (κ1) is 18.2. The molecule has 0 saturated heterocycles. The van der Waals surface area contributed by atoms with Crippen molar-refractivity contribution >= 4 is 27.5 Å². The van der Waals surface area contributed by atoms with Crippen LogP contribution < -0.4 is 10.9 Å². The summed E-state index contributed by atoms with van der Waals surface area (Å²) in [4.78, 5) is 25.3. The number of carbonyl (C=O) groups excluding carboxylic acids is 1. The lowest BCUT2D eigenvalue weighted by Gasteiger charge is -2.31. The summed E-state index contributed by atoms with van der Waals surface area (Å²) in [5.41, 5.74) is 1.63. The molecule has 4 rings (SSSR count). The molecular weight excluding hydrogens is 419 g/mol. The molecule has 1 aromatic heterocycles. The van der Waals surface area contributed by atoms with E-state index in [0.29, 0.717) is 34.8 Å². The molecule has 142 valence electrons. The minimum atomic E-state index is -0.622. The molecule has 0 bridgehead atoms. The van der Waals surface area contributed by atoms with Gasteiger partial charge in [0.15, 0.2) is 11.6 Å². The molecular formula is C19H18BrFN2O4. The van der Waals surface area contributed by atoms with Crippen molar-refractivity contribution in [3.05, 3.63) is 61.3 Å². The van der Waals surface area contributed by atoms with Gasteiger partial charge >= 0.3 is 5.63 Å². The number of fused-ring (bicyclic) bond motifs is 1. The smallest absolute Gasteiger partial charge is 0.363 e. The Morgan fingerprint density at radius 1 is 1.33 bits per heavy atom. The van der Waals surface area contributed by atoms with Crippen molar-refractivity contribution in [2.75, 3.05) is 18.5 Å². The summed E-state index contributed by atoms with van der Waals surface area (Å²) in [7, 11) is 0. The topological polar surface area (TPSA) is 73.5 Å². The van der Waals surface area contributed by atoms with E-state index >= 15 is 0 Å². The van der Waals surface area contributed by atoms with Crippen LogP contribution in [0.3, 0.4) is 0 Å². The van der Waals surface area contributed by atoms with Crippen LogP contribution in [0, 0.1) is 5.82 Å². The number of hydrogen-bond donors (Lipinski definition) is 1. The average molecular weight is 437 g/mol. The van der Waals surface area contributed by atoms with Crippen LogP contribution in [0.5, 0.6) is 0 Å². The predicted molar refractivity (Wildman–Crippen MR) is 100 cm³/mol. The van der Waals surface area contributed by atoms with Crippen molar-refractivity contribution in [2.45, 2.75) is 32.2 Å². The number of nitrogens with one attached hydrogen (secondary N) is 1. The number of aryl methyl sites for hydroxylation is 1. The zero-order valence-corrected chi connectivity index (χ0v) is 16.3. The van der Waals surface area contributed by atoms with Crippen molar-refractivity contribution in [1.29, 1.82) is 0 Å². The van der Waals surface area contributed by atoms with Gasteiger partial charge in [0.1, 0.15) is 12.4 Å². The second-order valence-electron chi connectivity index (χ2n) is 6.64. The van der Waals surface area contributed by atoms with E-state index in [0.717, 1.165) is 12.8 Å². The molecule has 1 unspecified atom stereocenters. The molecule has 8 heteroatoms. The zero-order valence-electron chi connectivity index (χ0n) is 14.7. The van der Waals surface area contributed by atoms with Crippen molar-refractivity contribution < 1.29 is 18.4 Å². The van der Waals surface area contributed by atoms with Gasteiger partial charge in [-0.05, 0) is 40.0 Å². The fourth-order valence-electron chi connectivity index (χ4n) is 3.59. The highest BCUT2D eigenvalue weighted by atomic mass is 79.9. The summed E-state index contributed by atoms with van der Waals surface area (Å²) in [6.45, 7) is 2.79. The summed E-state index contributed by atoms with van der Waals surface area (Å²) < 4.78 is 26.4. The highest BCUT2D eigenvalue weighted by Crippen LogP contribution is 2.42. The Kier molecular flexibility index (Phi) is 4.77. The molecule has 0 amide bonds. The minimum Gasteiger partial charge on any atom is -0.367 e. The van der Waals surface area contributed by atoms with Gasteiger partial charge in [0, 0.05) is 5.57 Å². The monoisotopic (exact) mass is 436 g/mol. The standard InChI is InChI=1S/C19H18BrFN2O4/c1-2-3-6-23-18-17(19(25)27-23)15(10-4-5-12(21)11(20)7-10)16-13(22-18)8-26-9-14(16)24/h4-5,7,15,22H,2-3,6,8-9H2,1H3. The van der Waals surface area contributed by atoms with Crippen LogP contribution in [-0.4, -0.2) is 23.7 Å². The zero-order chi connectivity index (χ0) is 19.1. The molecule has 2 aliphatic heterocycles. The van der Waals surface area contributed by atoms with Gasteiger partial charge in [-0.25, -0.2) is 9.18 Å². The quantitative estimate of drug-likeness (QED) is 0.792. The lowest BCUT2D eigenvalue weighted by Crippen LogP contribution is -2.34. The molecule has 2 aromatic rings. The van der Waals surface area contributed by atoms with E-state index in [1.54, 1.807) is 12.1 Å². The molecule has 0 fully saturated rings. The first-order chi connectivity index (χ1) is 13.0. The average Bonchev–Trinajstić information content (AvgIpc) is 2.96. The molecule has 1 aromatic carbocycles. The molecule has 27 heavy (non-hydrogen) atoms. The highest BCUT2D eigenvalue weighted by Gasteiger charge is 2.40. The molecule has 2 aliphatic rings. The van der Waals surface area contributed by atoms with E-state index in [1.807, 2.05) is 0 Å². The summed E-state index contributed by atoms with van der Waals surface area (Å²) in [5, 5.41) is 3.17. The summed E-state index contributed by atoms with van der Waals surface area (Å²) in [6, 6.07) is 4.52. The number of ether oxygens (including phenoxy) is 1. The fourth-order valence-corrected chi connectivity index (χ4v) is 3.99. The van der Waals surface area contributed by atoms with Crippen LogP contribution in [0.15, 0.2) is 43.3 Å². The number of aromatic nitrogens is 1. The maximum atomic E-state index is 13.8. The minimum absolute atomic E-state index is 0.0451. The Labute approximate surface area is 163 Å². The number of unbranched alkanes of at least 4 members (excludes halogenated alkanes) is 1. The van der Waals surface area contributed by atoms with Gasteiger partial charge in [0.2, 0.25) is 0 Å². The Morgan fingerprint density at radius 2 is 2.15 bits per heavy atom. The number of benzene rings is 1. The Hall–Kier alpha value is -2.19. The number of ketones is 1. The molecule has 1 atom stereocenters. The second kappa shape index (κ2) is 7.09. The normalized spacial score (nSPS) is 18.9. The summed E-state index contributed by atoms with van der Waals surface area (Å²) >= 11 is 3.19. The number of anilines is 1. The van der Waals surface area contributed by atoms with Crippen molar-refractivity contribution in [3.8, 4) is 0 Å². The number of rotatable bonds is 4. The largest absolute Gasteiger partial charge is 0.367 e. The van der Waals surface area contributed by atoms with Gasteiger partial charge in [-0.3, -0.25) is 4.79 Å². The molecule has 0 spiro atoms. The van der Waals surface area contributed by atoms with E-state index in [2.05, 4.69) is 28.2 Å². The third-order valence-electron chi connectivity index (χ3n) is 4.86. The van der Waals surface area contributed by atoms with Crippen molar-refractivity contribution in [3.63, 3.8) is 0 Å². The van der Waals surface area contributed by atoms with Crippen LogP contribution in [0.2, 0.25) is 0 Å². The van der Waals surface area contributed by atoms with Crippen LogP contribution in [0.1, 0.15) is 36.8 Å². The van der Waals surface area contributed by atoms with Crippen LogP contribution in [0.25, 0.3) is 0 Å². The number of nitrogens with zero attached hydrogens (tertiary/aromatic N) is 1. The van der Waals surface area contributed by atoms with Gasteiger partial charge in [0.25, 0.3) is 0 Å². The first-order valence-corrected chi connectivity index (χ1v) is 9.60. The Balaban J connectivity index is 1.92. The van der Waals surface area contributed by atoms with Gasteiger partial charge in [-0.15, -0.1) is 0 Å². The number of carbonyl (C=O) groups is 1. The van der Waals surface area contributed by atoms with Gasteiger partial charge in [0.05, 0.1) is 34.8 Å².